The molecule has 5 rings (SSSR count). The molecule has 3 aromatic rings. The Hall–Kier alpha value is -3.83. The molecule has 40 heavy (non-hydrogen) atoms. The van der Waals surface area contributed by atoms with Crippen molar-refractivity contribution in [2.24, 2.45) is 0 Å². The van der Waals surface area contributed by atoms with Crippen LogP contribution < -0.4 is 10.1 Å². The molecule has 2 saturated heterocycles. The Kier molecular flexibility index (Phi) is 9.35. The summed E-state index contributed by atoms with van der Waals surface area (Å²) in [7, 11) is 0. The Balaban J connectivity index is 0.985. The molecule has 0 aliphatic carbocycles. The van der Waals surface area contributed by atoms with Crippen LogP contribution in [0.15, 0.2) is 53.1 Å². The standard InChI is InChI=1S/C29H34FN5O5/c30-24-20-22(9-10-23(24)27-32-29(40-33-27)21-6-2-1-3-7-21)38-19-5-13-34-14-16-35(17-15-34)26(36)11-12-31-28(37)25-8-4-18-39-25/h1-3,6-7,9-10,20,25H,4-5,8,11-19H2,(H,31,37)/t25-/m1/s1. The van der Waals surface area contributed by atoms with E-state index >= 15 is 0 Å². The van der Waals surface area contributed by atoms with Crippen molar-refractivity contribution in [1.82, 2.24) is 25.3 Å². The quantitative estimate of drug-likeness (QED) is 0.362. The third kappa shape index (κ3) is 7.22. The number of rotatable bonds is 11. The van der Waals surface area contributed by atoms with Crippen molar-refractivity contribution in [1.29, 1.82) is 0 Å². The molecule has 2 amide bonds. The van der Waals surface area contributed by atoms with E-state index < -0.39 is 5.82 Å². The second-order valence-corrected chi connectivity index (χ2v) is 9.90. The van der Waals surface area contributed by atoms with Gasteiger partial charge in [0.05, 0.1) is 12.2 Å². The molecule has 1 aromatic heterocycles. The maximum absolute atomic E-state index is 14.8. The lowest BCUT2D eigenvalue weighted by Gasteiger charge is -2.34. The van der Waals surface area contributed by atoms with Crippen LogP contribution in [0.25, 0.3) is 22.8 Å². The molecule has 2 aromatic carbocycles. The van der Waals surface area contributed by atoms with Gasteiger partial charge in [0.1, 0.15) is 17.7 Å². The Labute approximate surface area is 232 Å². The third-order valence-corrected chi connectivity index (χ3v) is 7.10. The second kappa shape index (κ2) is 13.5. The van der Waals surface area contributed by atoms with Crippen molar-refractivity contribution in [3.05, 3.63) is 54.3 Å². The summed E-state index contributed by atoms with van der Waals surface area (Å²) in [5.74, 6) is 0.404. The van der Waals surface area contributed by atoms with Crippen LogP contribution in [0.2, 0.25) is 0 Å². The zero-order valence-electron chi connectivity index (χ0n) is 22.4. The molecule has 11 heteroatoms. The topological polar surface area (TPSA) is 110 Å². The summed E-state index contributed by atoms with van der Waals surface area (Å²) in [6, 6.07) is 13.9. The highest BCUT2D eigenvalue weighted by molar-refractivity contribution is 5.82. The fourth-order valence-electron chi connectivity index (χ4n) is 4.85. The number of amides is 2. The number of ether oxygens (including phenoxy) is 2. The van der Waals surface area contributed by atoms with Crippen molar-refractivity contribution in [3.63, 3.8) is 0 Å². The smallest absolute Gasteiger partial charge is 0.258 e. The Morgan fingerprint density at radius 2 is 1.93 bits per heavy atom. The SMILES string of the molecule is O=C(NCCC(=O)N1CCN(CCCOc2ccc(-c3noc(-c4ccccc4)n3)c(F)c2)CC1)[C@H]1CCCO1. The van der Waals surface area contributed by atoms with Crippen LogP contribution in [0, 0.1) is 5.82 Å². The van der Waals surface area contributed by atoms with E-state index in [2.05, 4.69) is 20.4 Å². The van der Waals surface area contributed by atoms with E-state index in [4.69, 9.17) is 14.0 Å². The maximum atomic E-state index is 14.8. The first-order chi connectivity index (χ1) is 19.6. The monoisotopic (exact) mass is 551 g/mol. The van der Waals surface area contributed by atoms with Gasteiger partial charge in [0, 0.05) is 63.9 Å². The van der Waals surface area contributed by atoms with E-state index in [1.54, 1.807) is 12.1 Å². The van der Waals surface area contributed by atoms with Crippen LogP contribution >= 0.6 is 0 Å². The predicted octanol–water partition coefficient (Wildman–Crippen LogP) is 3.14. The van der Waals surface area contributed by atoms with Crippen LogP contribution in [-0.4, -0.2) is 90.3 Å². The van der Waals surface area contributed by atoms with Gasteiger partial charge in [-0.15, -0.1) is 0 Å². The normalized spacial score (nSPS) is 17.6. The Morgan fingerprint density at radius 3 is 2.67 bits per heavy atom. The van der Waals surface area contributed by atoms with Crippen molar-refractivity contribution < 1.29 is 28.0 Å². The number of aromatic nitrogens is 2. The van der Waals surface area contributed by atoms with E-state index in [0.717, 1.165) is 44.5 Å². The molecule has 2 aliphatic heterocycles. The number of nitrogens with one attached hydrogen (secondary N) is 1. The number of halogens is 1. The van der Waals surface area contributed by atoms with E-state index in [1.165, 1.54) is 6.07 Å². The van der Waals surface area contributed by atoms with Gasteiger partial charge >= 0.3 is 0 Å². The molecule has 0 spiro atoms. The number of carbonyl (C=O) groups is 2. The first-order valence-electron chi connectivity index (χ1n) is 13.8. The van der Waals surface area contributed by atoms with E-state index in [1.807, 2.05) is 35.2 Å². The van der Waals surface area contributed by atoms with Gasteiger partial charge in [-0.3, -0.25) is 14.5 Å². The van der Waals surface area contributed by atoms with Gasteiger partial charge < -0.3 is 24.2 Å². The number of nitrogens with zero attached hydrogens (tertiary/aromatic N) is 4. The van der Waals surface area contributed by atoms with Gasteiger partial charge in [-0.25, -0.2) is 4.39 Å². The van der Waals surface area contributed by atoms with E-state index in [0.29, 0.717) is 50.9 Å². The second-order valence-electron chi connectivity index (χ2n) is 9.90. The van der Waals surface area contributed by atoms with Crippen LogP contribution in [0.1, 0.15) is 25.7 Å². The van der Waals surface area contributed by atoms with Gasteiger partial charge in [0.15, 0.2) is 0 Å². The number of hydrogen-bond donors (Lipinski definition) is 1. The molecule has 2 fully saturated rings. The van der Waals surface area contributed by atoms with Crippen LogP contribution in [0.5, 0.6) is 5.75 Å². The highest BCUT2D eigenvalue weighted by Crippen LogP contribution is 2.26. The van der Waals surface area contributed by atoms with Gasteiger partial charge in [0.25, 0.3) is 5.89 Å². The molecule has 1 atom stereocenters. The van der Waals surface area contributed by atoms with Crippen molar-refractivity contribution in [2.75, 3.05) is 52.5 Å². The molecule has 10 nitrogen and oxygen atoms in total. The van der Waals surface area contributed by atoms with Gasteiger partial charge in [-0.05, 0) is 43.5 Å². The van der Waals surface area contributed by atoms with E-state index in [-0.39, 0.29) is 29.3 Å². The Morgan fingerprint density at radius 1 is 1.10 bits per heavy atom. The zero-order chi connectivity index (χ0) is 27.7. The summed E-state index contributed by atoms with van der Waals surface area (Å²) < 4.78 is 31.2. The first-order valence-corrected chi connectivity index (χ1v) is 13.8. The summed E-state index contributed by atoms with van der Waals surface area (Å²) in [6.07, 6.45) is 2.35. The minimum absolute atomic E-state index is 0.0539. The molecule has 0 bridgehead atoms. The molecule has 212 valence electrons. The zero-order valence-corrected chi connectivity index (χ0v) is 22.4. The highest BCUT2D eigenvalue weighted by atomic mass is 19.1. The molecular weight excluding hydrogens is 517 g/mol. The highest BCUT2D eigenvalue weighted by Gasteiger charge is 2.24. The lowest BCUT2D eigenvalue weighted by atomic mass is 10.2. The molecule has 3 heterocycles. The van der Waals surface area contributed by atoms with Crippen molar-refractivity contribution in [2.45, 2.75) is 31.8 Å². The minimum atomic E-state index is -0.481. The van der Waals surface area contributed by atoms with Crippen molar-refractivity contribution in [3.8, 4) is 28.6 Å². The Bertz CT molecular complexity index is 1270. The third-order valence-electron chi connectivity index (χ3n) is 7.10. The molecule has 0 saturated carbocycles. The summed E-state index contributed by atoms with van der Waals surface area (Å²) >= 11 is 0. The fraction of sp³-hybridized carbons (Fsp3) is 0.448. The van der Waals surface area contributed by atoms with Gasteiger partial charge in [0.2, 0.25) is 17.6 Å². The van der Waals surface area contributed by atoms with Crippen LogP contribution in [0.4, 0.5) is 4.39 Å². The first kappa shape index (κ1) is 27.7. The minimum Gasteiger partial charge on any atom is -0.493 e. The van der Waals surface area contributed by atoms with Gasteiger partial charge in [-0.1, -0.05) is 23.4 Å². The average Bonchev–Trinajstić information content (AvgIpc) is 3.70. The van der Waals surface area contributed by atoms with Crippen LogP contribution in [-0.2, 0) is 14.3 Å². The van der Waals surface area contributed by atoms with Gasteiger partial charge in [-0.2, -0.15) is 4.98 Å². The average molecular weight is 552 g/mol. The summed E-state index contributed by atoms with van der Waals surface area (Å²) in [4.78, 5) is 32.9. The molecule has 1 N–H and O–H groups in total. The molecule has 0 unspecified atom stereocenters. The van der Waals surface area contributed by atoms with Crippen LogP contribution in [0.3, 0.4) is 0 Å². The largest absolute Gasteiger partial charge is 0.493 e. The van der Waals surface area contributed by atoms with Crippen molar-refractivity contribution >= 4 is 11.8 Å². The summed E-state index contributed by atoms with van der Waals surface area (Å²) in [5, 5.41) is 6.72. The number of hydrogen-bond acceptors (Lipinski definition) is 8. The lowest BCUT2D eigenvalue weighted by molar-refractivity contribution is -0.133. The molecular formula is C29H34FN5O5. The summed E-state index contributed by atoms with van der Waals surface area (Å²) in [5.41, 5.74) is 1.02. The predicted molar refractivity (Wildman–Crippen MR) is 145 cm³/mol. The molecule has 2 aliphatic rings. The number of piperazine rings is 1. The number of benzene rings is 2. The summed E-state index contributed by atoms with van der Waals surface area (Å²) in [6.45, 7) is 5.12. The fourth-order valence-corrected chi connectivity index (χ4v) is 4.85. The lowest BCUT2D eigenvalue weighted by Crippen LogP contribution is -2.49. The molecule has 0 radical (unpaired) electrons. The maximum Gasteiger partial charge on any atom is 0.258 e. The van der Waals surface area contributed by atoms with E-state index in [9.17, 15) is 14.0 Å². The number of carbonyl (C=O) groups excluding carboxylic acids is 2.